The average molecular weight is 420 g/mol. The number of hydrogen-bond donors (Lipinski definition) is 0. The fraction of sp³-hybridized carbons (Fsp3) is 0.0833. The number of hydrogen-bond acceptors (Lipinski definition) is 6. The third-order valence-electron chi connectivity index (χ3n) is 5.09. The lowest BCUT2D eigenvalue weighted by Crippen LogP contribution is -2.09. The molecule has 0 saturated carbocycles. The summed E-state index contributed by atoms with van der Waals surface area (Å²) in [5.74, 6) is 1.08. The second-order valence-corrected chi connectivity index (χ2v) is 7.47. The third-order valence-corrected chi connectivity index (χ3v) is 5.09. The molecule has 0 aliphatic carbocycles. The SMILES string of the molecule is Cc1ccc(-n2nnnc2C(=Cc2ccccc2)c2nnnn2-c2ccc(C)cc2)cc1. The van der Waals surface area contributed by atoms with E-state index in [1.807, 2.05) is 98.8 Å². The van der Waals surface area contributed by atoms with Crippen LogP contribution in [0.4, 0.5) is 0 Å². The third kappa shape index (κ3) is 3.81. The number of nitrogens with zero attached hydrogens (tertiary/aromatic N) is 8. The predicted molar refractivity (Wildman–Crippen MR) is 121 cm³/mol. The Labute approximate surface area is 184 Å². The van der Waals surface area contributed by atoms with E-state index in [0.29, 0.717) is 17.2 Å². The van der Waals surface area contributed by atoms with Crippen LogP contribution in [0.15, 0.2) is 78.9 Å². The molecule has 2 aromatic heterocycles. The summed E-state index contributed by atoms with van der Waals surface area (Å²) in [4.78, 5) is 0. The van der Waals surface area contributed by atoms with E-state index in [9.17, 15) is 0 Å². The van der Waals surface area contributed by atoms with Gasteiger partial charge in [-0.05, 0) is 70.6 Å². The first-order valence-electron chi connectivity index (χ1n) is 10.2. The lowest BCUT2D eigenvalue weighted by molar-refractivity contribution is 0.779. The molecule has 0 saturated heterocycles. The summed E-state index contributed by atoms with van der Waals surface area (Å²) in [7, 11) is 0. The number of benzene rings is 3. The van der Waals surface area contributed by atoms with Gasteiger partial charge in [-0.3, -0.25) is 0 Å². The topological polar surface area (TPSA) is 87.2 Å². The minimum absolute atomic E-state index is 0.542. The van der Waals surface area contributed by atoms with Crippen molar-refractivity contribution in [3.63, 3.8) is 0 Å². The molecule has 5 rings (SSSR count). The molecule has 0 amide bonds. The zero-order valence-corrected chi connectivity index (χ0v) is 17.7. The first-order valence-corrected chi connectivity index (χ1v) is 10.2. The number of rotatable bonds is 5. The fourth-order valence-electron chi connectivity index (χ4n) is 3.37. The van der Waals surface area contributed by atoms with E-state index in [2.05, 4.69) is 31.1 Å². The van der Waals surface area contributed by atoms with Gasteiger partial charge >= 0.3 is 0 Å². The zero-order chi connectivity index (χ0) is 21.9. The van der Waals surface area contributed by atoms with E-state index in [0.717, 1.165) is 28.1 Å². The second kappa shape index (κ2) is 8.35. The minimum atomic E-state index is 0.542. The van der Waals surface area contributed by atoms with Gasteiger partial charge in [-0.1, -0.05) is 65.7 Å². The van der Waals surface area contributed by atoms with Gasteiger partial charge in [0, 0.05) is 0 Å². The first-order chi connectivity index (χ1) is 15.7. The molecule has 8 nitrogen and oxygen atoms in total. The first kappa shape index (κ1) is 19.5. The van der Waals surface area contributed by atoms with Gasteiger partial charge < -0.3 is 0 Å². The Morgan fingerprint density at radius 3 is 1.56 bits per heavy atom. The van der Waals surface area contributed by atoms with Gasteiger partial charge in [0.1, 0.15) is 0 Å². The van der Waals surface area contributed by atoms with Gasteiger partial charge in [0.25, 0.3) is 0 Å². The molecule has 0 aliphatic heterocycles. The molecule has 32 heavy (non-hydrogen) atoms. The molecule has 2 heterocycles. The molecule has 0 spiro atoms. The second-order valence-electron chi connectivity index (χ2n) is 7.47. The molecule has 0 radical (unpaired) electrons. The molecule has 0 fully saturated rings. The molecule has 0 atom stereocenters. The highest BCUT2D eigenvalue weighted by Crippen LogP contribution is 2.26. The quantitative estimate of drug-likeness (QED) is 0.429. The molecule has 156 valence electrons. The Morgan fingerprint density at radius 1 is 0.625 bits per heavy atom. The van der Waals surface area contributed by atoms with Crippen LogP contribution in [-0.2, 0) is 0 Å². The summed E-state index contributed by atoms with van der Waals surface area (Å²) < 4.78 is 3.39. The van der Waals surface area contributed by atoms with Gasteiger partial charge in [-0.25, -0.2) is 0 Å². The molecule has 0 bridgehead atoms. The standard InChI is InChI=1S/C24H20N8/c1-17-8-12-20(13-9-17)31-23(25-27-29-31)22(16-19-6-4-3-5-7-19)24-26-28-30-32(24)21-14-10-18(2)11-15-21/h3-16H,1-2H3. The van der Waals surface area contributed by atoms with Crippen molar-refractivity contribution in [1.82, 2.24) is 40.4 Å². The lowest BCUT2D eigenvalue weighted by atomic mass is 10.1. The van der Waals surface area contributed by atoms with Gasteiger partial charge in [0.05, 0.1) is 16.9 Å². The van der Waals surface area contributed by atoms with Gasteiger partial charge in [-0.15, -0.1) is 10.2 Å². The van der Waals surface area contributed by atoms with E-state index in [-0.39, 0.29) is 0 Å². The monoisotopic (exact) mass is 420 g/mol. The summed E-state index contributed by atoms with van der Waals surface area (Å²) >= 11 is 0. The summed E-state index contributed by atoms with van der Waals surface area (Å²) in [5, 5.41) is 25.1. The highest BCUT2D eigenvalue weighted by molar-refractivity contribution is 5.87. The Hall–Kier alpha value is -4.46. The van der Waals surface area contributed by atoms with Crippen LogP contribution in [0.1, 0.15) is 28.3 Å². The van der Waals surface area contributed by atoms with Gasteiger partial charge in [0.2, 0.25) is 0 Å². The maximum atomic E-state index is 4.34. The van der Waals surface area contributed by atoms with Crippen LogP contribution in [0, 0.1) is 13.8 Å². The lowest BCUT2D eigenvalue weighted by Gasteiger charge is -2.10. The van der Waals surface area contributed by atoms with E-state index >= 15 is 0 Å². The van der Waals surface area contributed by atoms with Crippen molar-refractivity contribution < 1.29 is 0 Å². The zero-order valence-electron chi connectivity index (χ0n) is 17.7. The fourth-order valence-corrected chi connectivity index (χ4v) is 3.37. The maximum absolute atomic E-state index is 4.34. The number of aromatic nitrogens is 8. The minimum Gasteiger partial charge on any atom is -0.193 e. The van der Waals surface area contributed by atoms with E-state index in [1.54, 1.807) is 9.36 Å². The average Bonchev–Trinajstić information content (AvgIpc) is 3.50. The van der Waals surface area contributed by atoms with Crippen LogP contribution in [0.3, 0.4) is 0 Å². The Morgan fingerprint density at radius 2 is 1.09 bits per heavy atom. The Balaban J connectivity index is 1.70. The molecule has 0 N–H and O–H groups in total. The molecular weight excluding hydrogens is 400 g/mol. The normalized spacial score (nSPS) is 10.8. The Kier molecular flexibility index (Phi) is 5.09. The van der Waals surface area contributed by atoms with Crippen LogP contribution in [-0.4, -0.2) is 40.4 Å². The van der Waals surface area contributed by atoms with Crippen molar-refractivity contribution in [2.45, 2.75) is 13.8 Å². The van der Waals surface area contributed by atoms with E-state index < -0.39 is 0 Å². The van der Waals surface area contributed by atoms with Crippen LogP contribution in [0.2, 0.25) is 0 Å². The van der Waals surface area contributed by atoms with Crippen molar-refractivity contribution in [2.75, 3.05) is 0 Å². The van der Waals surface area contributed by atoms with E-state index in [4.69, 9.17) is 0 Å². The van der Waals surface area contributed by atoms with Crippen molar-refractivity contribution in [2.24, 2.45) is 0 Å². The van der Waals surface area contributed by atoms with Crippen molar-refractivity contribution >= 4 is 11.6 Å². The largest absolute Gasteiger partial charge is 0.193 e. The van der Waals surface area contributed by atoms with Crippen molar-refractivity contribution in [3.05, 3.63) is 107 Å². The van der Waals surface area contributed by atoms with Crippen LogP contribution in [0.25, 0.3) is 23.0 Å². The molecule has 5 aromatic rings. The van der Waals surface area contributed by atoms with Crippen LogP contribution in [0.5, 0.6) is 0 Å². The molecule has 0 unspecified atom stereocenters. The van der Waals surface area contributed by atoms with Crippen LogP contribution < -0.4 is 0 Å². The van der Waals surface area contributed by atoms with Crippen molar-refractivity contribution in [3.8, 4) is 11.4 Å². The van der Waals surface area contributed by atoms with Gasteiger partial charge in [-0.2, -0.15) is 9.36 Å². The maximum Gasteiger partial charge on any atom is 0.190 e. The van der Waals surface area contributed by atoms with Crippen LogP contribution >= 0.6 is 0 Å². The molecule has 8 heteroatoms. The molecule has 3 aromatic carbocycles. The number of tetrazole rings is 2. The summed E-state index contributed by atoms with van der Waals surface area (Å²) in [6, 6.07) is 26.0. The Bertz CT molecular complexity index is 1280. The van der Waals surface area contributed by atoms with Gasteiger partial charge in [0.15, 0.2) is 11.6 Å². The molecular formula is C24H20N8. The predicted octanol–water partition coefficient (Wildman–Crippen LogP) is 3.84. The highest BCUT2D eigenvalue weighted by atomic mass is 15.6. The van der Waals surface area contributed by atoms with E-state index in [1.165, 1.54) is 0 Å². The van der Waals surface area contributed by atoms with Crippen molar-refractivity contribution in [1.29, 1.82) is 0 Å². The summed E-state index contributed by atoms with van der Waals surface area (Å²) in [6.07, 6.45) is 1.99. The summed E-state index contributed by atoms with van der Waals surface area (Å²) in [6.45, 7) is 4.08. The smallest absolute Gasteiger partial charge is 0.190 e. The number of aryl methyl sites for hydroxylation is 2. The summed E-state index contributed by atoms with van der Waals surface area (Å²) in [5.41, 5.74) is 5.71. The molecule has 0 aliphatic rings. The highest BCUT2D eigenvalue weighted by Gasteiger charge is 2.22.